The van der Waals surface area contributed by atoms with Crippen LogP contribution in [0.3, 0.4) is 0 Å². The van der Waals surface area contributed by atoms with E-state index >= 15 is 0 Å². The van der Waals surface area contributed by atoms with E-state index in [-0.39, 0.29) is 6.10 Å². The molecular weight excluding hydrogens is 192 g/mol. The fraction of sp³-hybridized carbons (Fsp3) is 0.667. The zero-order chi connectivity index (χ0) is 10.5. The molecule has 3 nitrogen and oxygen atoms in total. The van der Waals surface area contributed by atoms with Crippen molar-refractivity contribution in [3.8, 4) is 0 Å². The molecule has 1 aromatic rings. The molecule has 1 fully saturated rings. The Labute approximate surface area is 90.0 Å². The zero-order valence-corrected chi connectivity index (χ0v) is 8.89. The van der Waals surface area contributed by atoms with Gasteiger partial charge in [-0.05, 0) is 31.4 Å². The Balaban J connectivity index is 1.74. The first-order chi connectivity index (χ1) is 7.36. The number of aryl methyl sites for hydroxylation is 1. The van der Waals surface area contributed by atoms with Gasteiger partial charge in [-0.3, -0.25) is 0 Å². The molecule has 2 heterocycles. The third-order valence-electron chi connectivity index (χ3n) is 3.01. The normalized spacial score (nSPS) is 23.9. The third kappa shape index (κ3) is 3.08. The van der Waals surface area contributed by atoms with E-state index in [2.05, 4.69) is 0 Å². The number of aliphatic hydroxyl groups is 1. The number of aliphatic hydroxyl groups excluding tert-OH is 1. The minimum atomic E-state index is -0.254. The molecule has 0 radical (unpaired) electrons. The van der Waals surface area contributed by atoms with E-state index in [1.165, 1.54) is 0 Å². The van der Waals surface area contributed by atoms with E-state index in [0.717, 1.165) is 38.1 Å². The summed E-state index contributed by atoms with van der Waals surface area (Å²) in [6, 6.07) is 3.83. The molecule has 0 aromatic carbocycles. The average molecular weight is 210 g/mol. The Kier molecular flexibility index (Phi) is 3.80. The number of ether oxygens (including phenoxy) is 1. The average Bonchev–Trinajstić information content (AvgIpc) is 2.80. The summed E-state index contributed by atoms with van der Waals surface area (Å²) in [5.74, 6) is 1.26. The highest BCUT2D eigenvalue weighted by Gasteiger charge is 2.22. The Bertz CT molecular complexity index is 262. The molecule has 1 aliphatic heterocycles. The number of hydrogen-bond acceptors (Lipinski definition) is 3. The maximum Gasteiger partial charge on any atom is 0.103 e. The van der Waals surface area contributed by atoms with Crippen molar-refractivity contribution in [2.75, 3.05) is 13.2 Å². The first-order valence-electron chi connectivity index (χ1n) is 5.64. The predicted molar refractivity (Wildman–Crippen MR) is 56.6 cm³/mol. The summed E-state index contributed by atoms with van der Waals surface area (Å²) >= 11 is 0. The van der Waals surface area contributed by atoms with Gasteiger partial charge < -0.3 is 14.3 Å². The second-order valence-electron chi connectivity index (χ2n) is 4.16. The first kappa shape index (κ1) is 10.7. The molecule has 0 saturated carbocycles. The second kappa shape index (κ2) is 5.33. The Morgan fingerprint density at radius 1 is 1.53 bits per heavy atom. The lowest BCUT2D eigenvalue weighted by Crippen LogP contribution is -2.29. The van der Waals surface area contributed by atoms with Gasteiger partial charge in [0.05, 0.1) is 19.0 Å². The molecule has 0 amide bonds. The quantitative estimate of drug-likeness (QED) is 0.826. The molecule has 0 spiro atoms. The van der Waals surface area contributed by atoms with Crippen LogP contribution in [0.5, 0.6) is 0 Å². The highest BCUT2D eigenvalue weighted by Crippen LogP contribution is 2.20. The highest BCUT2D eigenvalue weighted by molar-refractivity contribution is 4.98. The van der Waals surface area contributed by atoms with Crippen LogP contribution in [-0.4, -0.2) is 24.4 Å². The summed E-state index contributed by atoms with van der Waals surface area (Å²) in [4.78, 5) is 0. The van der Waals surface area contributed by atoms with Gasteiger partial charge in [-0.15, -0.1) is 0 Å². The second-order valence-corrected chi connectivity index (χ2v) is 4.16. The van der Waals surface area contributed by atoms with Crippen molar-refractivity contribution < 1.29 is 14.3 Å². The van der Waals surface area contributed by atoms with Crippen LogP contribution in [0.2, 0.25) is 0 Å². The molecule has 2 unspecified atom stereocenters. The smallest absolute Gasteiger partial charge is 0.103 e. The molecule has 1 aliphatic rings. The van der Waals surface area contributed by atoms with E-state index in [1.54, 1.807) is 6.26 Å². The van der Waals surface area contributed by atoms with Crippen molar-refractivity contribution in [2.24, 2.45) is 5.92 Å². The summed E-state index contributed by atoms with van der Waals surface area (Å²) in [5, 5.41) is 9.95. The largest absolute Gasteiger partial charge is 0.469 e. The van der Waals surface area contributed by atoms with Gasteiger partial charge in [0, 0.05) is 18.9 Å². The SMILES string of the molecule is OC(CCc1ccco1)C1CCCOC1. The Morgan fingerprint density at radius 3 is 3.13 bits per heavy atom. The van der Waals surface area contributed by atoms with Crippen LogP contribution in [-0.2, 0) is 11.2 Å². The molecule has 2 rings (SSSR count). The van der Waals surface area contributed by atoms with Gasteiger partial charge in [0.2, 0.25) is 0 Å². The fourth-order valence-electron chi connectivity index (χ4n) is 2.05. The number of rotatable bonds is 4. The maximum atomic E-state index is 9.95. The van der Waals surface area contributed by atoms with E-state index in [0.29, 0.717) is 12.5 Å². The molecule has 0 bridgehead atoms. The lowest BCUT2D eigenvalue weighted by molar-refractivity contribution is -0.0120. The minimum Gasteiger partial charge on any atom is -0.469 e. The standard InChI is InChI=1S/C12H18O3/c13-12(10-3-1-7-14-9-10)6-5-11-4-2-8-15-11/h2,4,8,10,12-13H,1,3,5-7,9H2. The lowest BCUT2D eigenvalue weighted by atomic mass is 9.93. The Hall–Kier alpha value is -0.800. The summed E-state index contributed by atoms with van der Waals surface area (Å²) in [5.41, 5.74) is 0. The van der Waals surface area contributed by atoms with Crippen LogP contribution in [0, 0.1) is 5.92 Å². The molecule has 2 atom stereocenters. The fourth-order valence-corrected chi connectivity index (χ4v) is 2.05. The molecule has 1 N–H and O–H groups in total. The van der Waals surface area contributed by atoms with E-state index in [1.807, 2.05) is 12.1 Å². The van der Waals surface area contributed by atoms with Gasteiger partial charge in [-0.2, -0.15) is 0 Å². The van der Waals surface area contributed by atoms with Crippen molar-refractivity contribution in [2.45, 2.75) is 31.8 Å². The number of hydrogen-bond donors (Lipinski definition) is 1. The molecule has 84 valence electrons. The molecule has 1 aromatic heterocycles. The van der Waals surface area contributed by atoms with Gasteiger partial charge >= 0.3 is 0 Å². The van der Waals surface area contributed by atoms with Crippen molar-refractivity contribution in [3.05, 3.63) is 24.2 Å². The lowest BCUT2D eigenvalue weighted by Gasteiger charge is -2.26. The summed E-state index contributed by atoms with van der Waals surface area (Å²) in [7, 11) is 0. The monoisotopic (exact) mass is 210 g/mol. The van der Waals surface area contributed by atoms with E-state index < -0.39 is 0 Å². The van der Waals surface area contributed by atoms with Gasteiger partial charge in [0.1, 0.15) is 5.76 Å². The van der Waals surface area contributed by atoms with Crippen LogP contribution in [0.1, 0.15) is 25.0 Å². The van der Waals surface area contributed by atoms with Crippen LogP contribution in [0.15, 0.2) is 22.8 Å². The maximum absolute atomic E-state index is 9.95. The summed E-state index contributed by atoms with van der Waals surface area (Å²) < 4.78 is 10.6. The first-order valence-corrected chi connectivity index (χ1v) is 5.64. The molecule has 3 heteroatoms. The third-order valence-corrected chi connectivity index (χ3v) is 3.01. The van der Waals surface area contributed by atoms with Crippen LogP contribution >= 0.6 is 0 Å². The molecule has 1 saturated heterocycles. The molecule has 0 aliphatic carbocycles. The van der Waals surface area contributed by atoms with E-state index in [9.17, 15) is 5.11 Å². The Morgan fingerprint density at radius 2 is 2.47 bits per heavy atom. The van der Waals surface area contributed by atoms with Crippen LogP contribution in [0.25, 0.3) is 0 Å². The topological polar surface area (TPSA) is 42.6 Å². The summed E-state index contributed by atoms with van der Waals surface area (Å²) in [6.45, 7) is 1.56. The van der Waals surface area contributed by atoms with Crippen molar-refractivity contribution >= 4 is 0 Å². The van der Waals surface area contributed by atoms with Crippen LogP contribution in [0.4, 0.5) is 0 Å². The molecular formula is C12H18O3. The van der Waals surface area contributed by atoms with Gasteiger partial charge in [0.25, 0.3) is 0 Å². The van der Waals surface area contributed by atoms with Gasteiger partial charge in [-0.1, -0.05) is 0 Å². The van der Waals surface area contributed by atoms with Gasteiger partial charge in [-0.25, -0.2) is 0 Å². The minimum absolute atomic E-state index is 0.254. The van der Waals surface area contributed by atoms with Crippen molar-refractivity contribution in [1.82, 2.24) is 0 Å². The van der Waals surface area contributed by atoms with Crippen LogP contribution < -0.4 is 0 Å². The van der Waals surface area contributed by atoms with Gasteiger partial charge in [0.15, 0.2) is 0 Å². The predicted octanol–water partition coefficient (Wildman–Crippen LogP) is 2.00. The number of furan rings is 1. The zero-order valence-electron chi connectivity index (χ0n) is 8.89. The van der Waals surface area contributed by atoms with Crippen molar-refractivity contribution in [3.63, 3.8) is 0 Å². The van der Waals surface area contributed by atoms with E-state index in [4.69, 9.17) is 9.15 Å². The highest BCUT2D eigenvalue weighted by atomic mass is 16.5. The van der Waals surface area contributed by atoms with Crippen molar-refractivity contribution in [1.29, 1.82) is 0 Å². The summed E-state index contributed by atoms with van der Waals surface area (Å²) in [6.07, 6.45) is 5.15. The molecule has 15 heavy (non-hydrogen) atoms.